The van der Waals surface area contributed by atoms with Crippen LogP contribution in [0.15, 0.2) is 76.8 Å². The van der Waals surface area contributed by atoms with Crippen LogP contribution in [0.25, 0.3) is 16.7 Å². The number of thioether (sulfide) groups is 1. The lowest BCUT2D eigenvalue weighted by molar-refractivity contribution is 0.102. The van der Waals surface area contributed by atoms with Crippen molar-refractivity contribution < 1.29 is 9.18 Å². The van der Waals surface area contributed by atoms with Crippen LogP contribution < -0.4 is 5.56 Å². The van der Waals surface area contributed by atoms with E-state index in [1.54, 1.807) is 30.5 Å². The zero-order chi connectivity index (χ0) is 20.4. The molecule has 4 rings (SSSR count). The molecule has 29 heavy (non-hydrogen) atoms. The highest BCUT2D eigenvalue weighted by molar-refractivity contribution is 7.99. The third kappa shape index (κ3) is 3.95. The van der Waals surface area contributed by atoms with Gasteiger partial charge in [-0.1, -0.05) is 23.9 Å². The molecule has 0 aliphatic carbocycles. The van der Waals surface area contributed by atoms with Crippen LogP contribution in [0.1, 0.15) is 15.9 Å². The summed E-state index contributed by atoms with van der Waals surface area (Å²) in [7, 11) is 0. The van der Waals surface area contributed by atoms with Crippen molar-refractivity contribution in [3.63, 3.8) is 0 Å². The number of nitrogens with zero attached hydrogens (tertiary/aromatic N) is 3. The number of benzene rings is 2. The largest absolute Gasteiger partial charge is 0.293 e. The van der Waals surface area contributed by atoms with Gasteiger partial charge in [0.2, 0.25) is 0 Å². The van der Waals surface area contributed by atoms with Gasteiger partial charge >= 0.3 is 0 Å². The van der Waals surface area contributed by atoms with Crippen LogP contribution in [-0.2, 0) is 0 Å². The van der Waals surface area contributed by atoms with Gasteiger partial charge in [0.15, 0.2) is 10.9 Å². The van der Waals surface area contributed by atoms with Crippen LogP contribution >= 0.6 is 11.8 Å². The summed E-state index contributed by atoms with van der Waals surface area (Å²) in [6.45, 7) is 1.91. The van der Waals surface area contributed by atoms with Gasteiger partial charge in [-0.15, -0.1) is 0 Å². The molecule has 7 heteroatoms. The molecular weight excluding hydrogens is 389 g/mol. The predicted molar refractivity (Wildman–Crippen MR) is 111 cm³/mol. The fourth-order valence-corrected chi connectivity index (χ4v) is 3.80. The number of hydrogen-bond donors (Lipinski definition) is 0. The zero-order valence-corrected chi connectivity index (χ0v) is 16.3. The van der Waals surface area contributed by atoms with Crippen LogP contribution in [0.2, 0.25) is 0 Å². The smallest absolute Gasteiger partial charge is 0.267 e. The molecule has 0 fully saturated rings. The first-order chi connectivity index (χ1) is 14.0. The molecule has 2 aromatic heterocycles. The molecule has 0 unspecified atom stereocenters. The Balaban J connectivity index is 1.76. The van der Waals surface area contributed by atoms with Crippen LogP contribution in [0, 0.1) is 12.7 Å². The Hall–Kier alpha value is -3.32. The SMILES string of the molecule is Cc1ccnc(-n2c(SCC(=O)c3ccc(F)cc3)nc3ccccc3c2=O)c1. The Morgan fingerprint density at radius 1 is 1.10 bits per heavy atom. The minimum Gasteiger partial charge on any atom is -0.293 e. The topological polar surface area (TPSA) is 64.8 Å². The number of aryl methyl sites for hydroxylation is 1. The highest BCUT2D eigenvalue weighted by Gasteiger charge is 2.16. The first-order valence-corrected chi connectivity index (χ1v) is 9.88. The number of pyridine rings is 1. The van der Waals surface area contributed by atoms with E-state index in [-0.39, 0.29) is 17.1 Å². The van der Waals surface area contributed by atoms with E-state index in [1.807, 2.05) is 19.1 Å². The number of aromatic nitrogens is 3. The van der Waals surface area contributed by atoms with E-state index in [2.05, 4.69) is 9.97 Å². The van der Waals surface area contributed by atoms with Crippen molar-refractivity contribution in [3.8, 4) is 5.82 Å². The predicted octanol–water partition coefficient (Wildman–Crippen LogP) is 4.20. The quantitative estimate of drug-likeness (QED) is 0.283. The van der Waals surface area contributed by atoms with E-state index in [0.717, 1.165) is 17.3 Å². The molecule has 0 atom stereocenters. The van der Waals surface area contributed by atoms with Gasteiger partial charge in [-0.25, -0.2) is 18.9 Å². The maximum absolute atomic E-state index is 13.2. The lowest BCUT2D eigenvalue weighted by Crippen LogP contribution is -2.23. The number of hydrogen-bond acceptors (Lipinski definition) is 5. The number of fused-ring (bicyclic) bond motifs is 1. The summed E-state index contributed by atoms with van der Waals surface area (Å²) >= 11 is 1.15. The molecule has 0 N–H and O–H groups in total. The summed E-state index contributed by atoms with van der Waals surface area (Å²) in [6, 6.07) is 16.1. The normalized spacial score (nSPS) is 11.0. The standard InChI is InChI=1S/C22H16FN3O2S/c1-14-10-11-24-20(12-14)26-21(28)17-4-2-3-5-18(17)25-22(26)29-13-19(27)15-6-8-16(23)9-7-15/h2-12H,13H2,1H3. The molecule has 4 aromatic rings. The van der Waals surface area contributed by atoms with Gasteiger partial charge in [0, 0.05) is 11.8 Å². The van der Waals surface area contributed by atoms with Gasteiger partial charge in [-0.05, 0) is 61.0 Å². The highest BCUT2D eigenvalue weighted by atomic mass is 32.2. The molecule has 5 nitrogen and oxygen atoms in total. The molecule has 0 saturated heterocycles. The second-order valence-corrected chi connectivity index (χ2v) is 7.40. The van der Waals surface area contributed by atoms with Crippen LogP contribution in [0.4, 0.5) is 4.39 Å². The van der Waals surface area contributed by atoms with Gasteiger partial charge in [0.25, 0.3) is 5.56 Å². The summed E-state index contributed by atoms with van der Waals surface area (Å²) in [6.07, 6.45) is 1.63. The summed E-state index contributed by atoms with van der Waals surface area (Å²) in [5, 5.41) is 0.854. The van der Waals surface area contributed by atoms with Crippen molar-refractivity contribution in [3.05, 3.63) is 94.2 Å². The minimum atomic E-state index is -0.398. The molecule has 0 saturated carbocycles. The lowest BCUT2D eigenvalue weighted by atomic mass is 10.1. The first kappa shape index (κ1) is 19.0. The number of carbonyl (C=O) groups excluding carboxylic acids is 1. The van der Waals surface area contributed by atoms with Gasteiger partial charge in [-0.3, -0.25) is 9.59 Å². The summed E-state index contributed by atoms with van der Waals surface area (Å²) in [4.78, 5) is 34.6. The van der Waals surface area contributed by atoms with Crippen molar-refractivity contribution in [2.24, 2.45) is 0 Å². The van der Waals surface area contributed by atoms with Gasteiger partial charge in [0.05, 0.1) is 16.7 Å². The third-order valence-electron chi connectivity index (χ3n) is 4.37. The molecule has 0 amide bonds. The number of rotatable bonds is 5. The summed E-state index contributed by atoms with van der Waals surface area (Å²) < 4.78 is 14.5. The van der Waals surface area contributed by atoms with E-state index in [4.69, 9.17) is 0 Å². The number of carbonyl (C=O) groups is 1. The second kappa shape index (κ2) is 7.97. The van der Waals surface area contributed by atoms with E-state index >= 15 is 0 Å². The van der Waals surface area contributed by atoms with Gasteiger partial charge in [0.1, 0.15) is 11.6 Å². The minimum absolute atomic E-state index is 0.0578. The lowest BCUT2D eigenvalue weighted by Gasteiger charge is -2.12. The fraction of sp³-hybridized carbons (Fsp3) is 0.0909. The van der Waals surface area contributed by atoms with E-state index in [1.165, 1.54) is 28.8 Å². The van der Waals surface area contributed by atoms with Crippen molar-refractivity contribution in [1.82, 2.24) is 14.5 Å². The van der Waals surface area contributed by atoms with E-state index in [0.29, 0.717) is 27.4 Å². The Kier molecular flexibility index (Phi) is 5.22. The molecule has 0 bridgehead atoms. The van der Waals surface area contributed by atoms with Crippen molar-refractivity contribution in [2.45, 2.75) is 12.1 Å². The average Bonchev–Trinajstić information content (AvgIpc) is 2.72. The van der Waals surface area contributed by atoms with Crippen LogP contribution in [0.3, 0.4) is 0 Å². The van der Waals surface area contributed by atoms with E-state index in [9.17, 15) is 14.0 Å². The van der Waals surface area contributed by atoms with Crippen molar-refractivity contribution >= 4 is 28.4 Å². The van der Waals surface area contributed by atoms with Gasteiger partial charge in [-0.2, -0.15) is 0 Å². The monoisotopic (exact) mass is 405 g/mol. The molecule has 144 valence electrons. The Labute approximate surface area is 170 Å². The maximum Gasteiger partial charge on any atom is 0.267 e. The Bertz CT molecular complexity index is 1270. The molecule has 0 aliphatic rings. The van der Waals surface area contributed by atoms with Crippen LogP contribution in [-0.4, -0.2) is 26.1 Å². The fourth-order valence-electron chi connectivity index (χ4n) is 2.90. The number of ketones is 1. The number of halogens is 1. The summed E-state index contributed by atoms with van der Waals surface area (Å²) in [5.74, 6) is -0.0710. The zero-order valence-electron chi connectivity index (χ0n) is 15.5. The Morgan fingerprint density at radius 2 is 1.86 bits per heavy atom. The third-order valence-corrected chi connectivity index (χ3v) is 5.31. The highest BCUT2D eigenvalue weighted by Crippen LogP contribution is 2.22. The van der Waals surface area contributed by atoms with Crippen LogP contribution in [0.5, 0.6) is 0 Å². The number of Topliss-reactive ketones (excluding diaryl/α,β-unsaturated/α-hetero) is 1. The van der Waals surface area contributed by atoms with Crippen molar-refractivity contribution in [1.29, 1.82) is 0 Å². The molecule has 0 aliphatic heterocycles. The molecule has 2 aromatic carbocycles. The first-order valence-electron chi connectivity index (χ1n) is 8.89. The second-order valence-electron chi connectivity index (χ2n) is 6.46. The van der Waals surface area contributed by atoms with E-state index < -0.39 is 5.82 Å². The molecule has 0 spiro atoms. The van der Waals surface area contributed by atoms with Crippen molar-refractivity contribution in [2.75, 3.05) is 5.75 Å². The summed E-state index contributed by atoms with van der Waals surface area (Å²) in [5.41, 5.74) is 1.67. The van der Waals surface area contributed by atoms with Gasteiger partial charge < -0.3 is 0 Å². The molecule has 2 heterocycles. The molecular formula is C22H16FN3O2S. The maximum atomic E-state index is 13.2. The molecule has 0 radical (unpaired) electrons. The average molecular weight is 405 g/mol. The Morgan fingerprint density at radius 3 is 2.62 bits per heavy atom. The number of para-hydroxylation sites is 1.